The molecule has 1 aromatic heterocycles. The van der Waals surface area contributed by atoms with Crippen molar-refractivity contribution in [2.75, 3.05) is 51.2 Å². The highest BCUT2D eigenvalue weighted by atomic mass is 16.6. The van der Waals surface area contributed by atoms with Crippen LogP contribution in [-0.4, -0.2) is 61.1 Å². The van der Waals surface area contributed by atoms with Gasteiger partial charge in [-0.05, 0) is 16.0 Å². The monoisotopic (exact) mass is 265 g/mol. The lowest BCUT2D eigenvalue weighted by Crippen LogP contribution is -2.46. The van der Waals surface area contributed by atoms with Crippen molar-refractivity contribution in [2.45, 2.75) is 0 Å². The topological polar surface area (TPSA) is 74.5 Å². The van der Waals surface area contributed by atoms with E-state index in [1.54, 1.807) is 12.3 Å². The summed E-state index contributed by atoms with van der Waals surface area (Å²) in [5.41, 5.74) is 0.903. The molecule has 0 spiro atoms. The maximum Gasteiger partial charge on any atom is 0.363 e. The van der Waals surface area contributed by atoms with Crippen molar-refractivity contribution in [1.82, 2.24) is 15.2 Å². The normalized spacial score (nSPS) is 16.3. The Labute approximate surface area is 112 Å². The number of aromatic nitrogens is 1. The standard InChI is InChI=1S/C12H19N5O2/c1-15(8-9-16-6-4-13-5-7-16)11-2-3-12(14-10-11)17(18)19/h2-3,10,13H,4-9H2,1H3. The van der Waals surface area contributed by atoms with E-state index in [9.17, 15) is 10.1 Å². The largest absolute Gasteiger partial charge is 0.370 e. The van der Waals surface area contributed by atoms with Crippen LogP contribution in [0.3, 0.4) is 0 Å². The summed E-state index contributed by atoms with van der Waals surface area (Å²) < 4.78 is 0. The molecular weight excluding hydrogens is 246 g/mol. The van der Waals surface area contributed by atoms with E-state index in [-0.39, 0.29) is 5.82 Å². The predicted octanol–water partition coefficient (Wildman–Crippen LogP) is 0.331. The summed E-state index contributed by atoms with van der Waals surface area (Å²) in [6.45, 7) is 6.12. The van der Waals surface area contributed by atoms with Gasteiger partial charge in [0.15, 0.2) is 6.20 Å². The average Bonchev–Trinajstić information content (AvgIpc) is 2.46. The smallest absolute Gasteiger partial charge is 0.363 e. The molecule has 2 rings (SSSR count). The van der Waals surface area contributed by atoms with Crippen molar-refractivity contribution < 1.29 is 4.92 Å². The summed E-state index contributed by atoms with van der Waals surface area (Å²) in [6, 6.07) is 3.18. The van der Waals surface area contributed by atoms with Gasteiger partial charge in [-0.25, -0.2) is 0 Å². The van der Waals surface area contributed by atoms with E-state index in [2.05, 4.69) is 20.1 Å². The highest BCUT2D eigenvalue weighted by molar-refractivity contribution is 5.45. The molecule has 2 heterocycles. The van der Waals surface area contributed by atoms with E-state index < -0.39 is 4.92 Å². The van der Waals surface area contributed by atoms with Gasteiger partial charge in [-0.2, -0.15) is 0 Å². The minimum absolute atomic E-state index is 0.112. The Kier molecular flexibility index (Phi) is 4.64. The molecule has 0 amide bonds. The minimum atomic E-state index is -0.482. The molecule has 0 unspecified atom stereocenters. The average molecular weight is 265 g/mol. The molecule has 1 aliphatic rings. The molecule has 0 radical (unpaired) electrons. The Hall–Kier alpha value is -1.73. The zero-order chi connectivity index (χ0) is 13.7. The lowest BCUT2D eigenvalue weighted by atomic mass is 10.3. The van der Waals surface area contributed by atoms with Gasteiger partial charge >= 0.3 is 5.82 Å². The SMILES string of the molecule is CN(CCN1CCNCC1)c1ccc([N+](=O)[O-])nc1. The Morgan fingerprint density at radius 2 is 2.21 bits per heavy atom. The molecule has 1 aromatic rings. The van der Waals surface area contributed by atoms with Gasteiger partial charge in [-0.3, -0.25) is 4.90 Å². The van der Waals surface area contributed by atoms with Crippen LogP contribution in [0.4, 0.5) is 11.5 Å². The maximum absolute atomic E-state index is 10.5. The van der Waals surface area contributed by atoms with Crippen molar-refractivity contribution in [3.63, 3.8) is 0 Å². The van der Waals surface area contributed by atoms with Gasteiger partial charge in [0.1, 0.15) is 0 Å². The molecule has 0 aromatic carbocycles. The second-order valence-corrected chi connectivity index (χ2v) is 4.64. The summed E-state index contributed by atoms with van der Waals surface area (Å²) >= 11 is 0. The van der Waals surface area contributed by atoms with Crippen LogP contribution in [0.15, 0.2) is 18.3 Å². The van der Waals surface area contributed by atoms with Gasteiger partial charge in [0.05, 0.1) is 5.69 Å². The minimum Gasteiger partial charge on any atom is -0.370 e. The van der Waals surface area contributed by atoms with E-state index in [1.807, 2.05) is 7.05 Å². The molecule has 0 atom stereocenters. The molecule has 0 bridgehead atoms. The van der Waals surface area contributed by atoms with Crippen molar-refractivity contribution in [3.05, 3.63) is 28.4 Å². The molecule has 1 aliphatic heterocycles. The fourth-order valence-electron chi connectivity index (χ4n) is 2.07. The summed E-state index contributed by atoms with van der Waals surface area (Å²) in [5, 5.41) is 13.9. The van der Waals surface area contributed by atoms with Crippen LogP contribution in [0.5, 0.6) is 0 Å². The summed E-state index contributed by atoms with van der Waals surface area (Å²) in [5.74, 6) is -0.112. The number of pyridine rings is 1. The maximum atomic E-state index is 10.5. The molecule has 104 valence electrons. The number of nitro groups is 1. The van der Waals surface area contributed by atoms with Crippen LogP contribution < -0.4 is 10.2 Å². The Morgan fingerprint density at radius 3 is 2.79 bits per heavy atom. The lowest BCUT2D eigenvalue weighted by molar-refractivity contribution is -0.389. The second-order valence-electron chi connectivity index (χ2n) is 4.64. The second kappa shape index (κ2) is 6.44. The van der Waals surface area contributed by atoms with E-state index in [0.29, 0.717) is 0 Å². The van der Waals surface area contributed by atoms with Crippen molar-refractivity contribution >= 4 is 11.5 Å². The van der Waals surface area contributed by atoms with E-state index in [1.165, 1.54) is 6.07 Å². The molecule has 1 saturated heterocycles. The van der Waals surface area contributed by atoms with Gasteiger partial charge in [-0.15, -0.1) is 0 Å². The fourth-order valence-corrected chi connectivity index (χ4v) is 2.07. The quantitative estimate of drug-likeness (QED) is 0.611. The number of nitrogens with zero attached hydrogens (tertiary/aromatic N) is 4. The van der Waals surface area contributed by atoms with Crippen LogP contribution in [0.2, 0.25) is 0 Å². The Morgan fingerprint density at radius 1 is 1.47 bits per heavy atom. The van der Waals surface area contributed by atoms with Gasteiger partial charge < -0.3 is 20.3 Å². The number of anilines is 1. The molecule has 19 heavy (non-hydrogen) atoms. The number of hydrogen-bond acceptors (Lipinski definition) is 6. The van der Waals surface area contributed by atoms with Crippen LogP contribution in [0.1, 0.15) is 0 Å². The van der Waals surface area contributed by atoms with Crippen LogP contribution in [0.25, 0.3) is 0 Å². The third kappa shape index (κ3) is 3.87. The first-order valence-corrected chi connectivity index (χ1v) is 6.41. The number of likely N-dealkylation sites (N-methyl/N-ethyl adjacent to an activating group) is 1. The van der Waals surface area contributed by atoms with E-state index in [0.717, 1.165) is 45.0 Å². The summed E-state index contributed by atoms with van der Waals surface area (Å²) in [7, 11) is 1.98. The lowest BCUT2D eigenvalue weighted by Gasteiger charge is -2.29. The van der Waals surface area contributed by atoms with Crippen molar-refractivity contribution in [1.29, 1.82) is 0 Å². The number of nitrogens with one attached hydrogen (secondary N) is 1. The molecule has 1 fully saturated rings. The Balaban J connectivity index is 1.84. The van der Waals surface area contributed by atoms with Gasteiger partial charge in [0.2, 0.25) is 0 Å². The molecule has 7 heteroatoms. The van der Waals surface area contributed by atoms with Crippen molar-refractivity contribution in [3.8, 4) is 0 Å². The van der Waals surface area contributed by atoms with Gasteiger partial charge in [-0.1, -0.05) is 0 Å². The van der Waals surface area contributed by atoms with E-state index >= 15 is 0 Å². The van der Waals surface area contributed by atoms with Crippen LogP contribution >= 0.6 is 0 Å². The summed E-state index contributed by atoms with van der Waals surface area (Å²) in [4.78, 5) is 18.4. The Bertz CT molecular complexity index is 417. The summed E-state index contributed by atoms with van der Waals surface area (Å²) in [6.07, 6.45) is 1.55. The molecule has 0 saturated carbocycles. The zero-order valence-corrected chi connectivity index (χ0v) is 11.1. The molecule has 0 aliphatic carbocycles. The van der Waals surface area contributed by atoms with Gasteiger partial charge in [0, 0.05) is 52.4 Å². The molecular formula is C12H19N5O2. The third-order valence-electron chi connectivity index (χ3n) is 3.32. The van der Waals surface area contributed by atoms with Crippen molar-refractivity contribution in [2.24, 2.45) is 0 Å². The van der Waals surface area contributed by atoms with Crippen LogP contribution in [-0.2, 0) is 0 Å². The van der Waals surface area contributed by atoms with E-state index in [4.69, 9.17) is 0 Å². The molecule has 7 nitrogen and oxygen atoms in total. The number of rotatable bonds is 5. The third-order valence-corrected chi connectivity index (χ3v) is 3.32. The first kappa shape index (κ1) is 13.7. The highest BCUT2D eigenvalue weighted by Gasteiger charge is 2.12. The fraction of sp³-hybridized carbons (Fsp3) is 0.583. The highest BCUT2D eigenvalue weighted by Crippen LogP contribution is 2.14. The van der Waals surface area contributed by atoms with Gasteiger partial charge in [0.25, 0.3) is 0 Å². The number of hydrogen-bond donors (Lipinski definition) is 1. The zero-order valence-electron chi connectivity index (χ0n) is 11.1. The predicted molar refractivity (Wildman–Crippen MR) is 73.5 cm³/mol. The number of piperazine rings is 1. The van der Waals surface area contributed by atoms with Crippen LogP contribution in [0, 0.1) is 10.1 Å². The molecule has 1 N–H and O–H groups in total. The first-order chi connectivity index (χ1) is 9.16. The first-order valence-electron chi connectivity index (χ1n) is 6.41.